The van der Waals surface area contributed by atoms with E-state index >= 15 is 0 Å². The molecule has 32 heavy (non-hydrogen) atoms. The molecule has 0 bridgehead atoms. The Morgan fingerprint density at radius 3 is 2.62 bits per heavy atom. The van der Waals surface area contributed by atoms with Crippen LogP contribution in [0.1, 0.15) is 11.3 Å². The van der Waals surface area contributed by atoms with E-state index in [9.17, 15) is 24.1 Å². The van der Waals surface area contributed by atoms with E-state index in [2.05, 4.69) is 5.32 Å². The van der Waals surface area contributed by atoms with Crippen LogP contribution in [0.3, 0.4) is 0 Å². The second-order valence-electron chi connectivity index (χ2n) is 6.90. The van der Waals surface area contributed by atoms with Crippen molar-refractivity contribution in [1.29, 1.82) is 0 Å². The molecule has 0 aliphatic carbocycles. The highest BCUT2D eigenvalue weighted by atomic mass is 32.1. The van der Waals surface area contributed by atoms with Crippen molar-refractivity contribution in [2.45, 2.75) is 6.92 Å². The van der Waals surface area contributed by atoms with Gasteiger partial charge in [0.25, 0.3) is 17.5 Å². The van der Waals surface area contributed by atoms with Crippen LogP contribution < -0.4 is 10.2 Å². The minimum atomic E-state index is -0.728. The van der Waals surface area contributed by atoms with Crippen molar-refractivity contribution in [1.82, 2.24) is 5.32 Å². The lowest BCUT2D eigenvalue weighted by Crippen LogP contribution is -2.54. The number of rotatable bonds is 4. The molecule has 1 N–H and O–H groups in total. The van der Waals surface area contributed by atoms with E-state index in [1.807, 2.05) is 0 Å². The third-order valence-electron chi connectivity index (χ3n) is 4.77. The Morgan fingerprint density at radius 1 is 1.16 bits per heavy atom. The van der Waals surface area contributed by atoms with E-state index in [0.29, 0.717) is 16.9 Å². The van der Waals surface area contributed by atoms with Crippen LogP contribution in [0.25, 0.3) is 17.4 Å². The Labute approximate surface area is 186 Å². The number of furan rings is 1. The highest BCUT2D eigenvalue weighted by Crippen LogP contribution is 2.30. The zero-order chi connectivity index (χ0) is 23.0. The quantitative estimate of drug-likeness (QED) is 0.210. The molecule has 0 radical (unpaired) electrons. The summed E-state index contributed by atoms with van der Waals surface area (Å²) in [6.45, 7) is 1.71. The number of nitrogens with zero attached hydrogens (tertiary/aromatic N) is 2. The van der Waals surface area contributed by atoms with E-state index < -0.39 is 22.6 Å². The average Bonchev–Trinajstić information content (AvgIpc) is 3.19. The van der Waals surface area contributed by atoms with Gasteiger partial charge in [0.15, 0.2) is 5.11 Å². The maximum atomic E-state index is 13.6. The van der Waals surface area contributed by atoms with Crippen molar-refractivity contribution < 1.29 is 23.3 Å². The van der Waals surface area contributed by atoms with E-state index in [0.717, 1.165) is 11.0 Å². The van der Waals surface area contributed by atoms with E-state index in [-0.39, 0.29) is 27.8 Å². The Bertz CT molecular complexity index is 1330. The summed E-state index contributed by atoms with van der Waals surface area (Å²) in [5.74, 6) is -1.38. The number of anilines is 1. The van der Waals surface area contributed by atoms with Crippen LogP contribution in [0.5, 0.6) is 0 Å². The van der Waals surface area contributed by atoms with Gasteiger partial charge in [0, 0.05) is 17.7 Å². The van der Waals surface area contributed by atoms with Gasteiger partial charge in [-0.05, 0) is 67.2 Å². The molecule has 0 unspecified atom stereocenters. The lowest BCUT2D eigenvalue weighted by atomic mass is 10.1. The number of nitrogens with one attached hydrogen (secondary N) is 1. The molecule has 1 fully saturated rings. The van der Waals surface area contributed by atoms with Gasteiger partial charge in [0.2, 0.25) is 0 Å². The standard InChI is InChI=1S/C22H14FN3O5S/c1-12-9-15(26(29)30)5-7-17(12)19-8-6-16(31-19)11-18-20(27)24-22(32)25(21(18)28)14-4-2-3-13(23)10-14/h2-11H,1H3,(H,24,27,32). The van der Waals surface area contributed by atoms with Crippen molar-refractivity contribution in [2.24, 2.45) is 0 Å². The minimum Gasteiger partial charge on any atom is -0.457 e. The number of carbonyl (C=O) groups is 2. The van der Waals surface area contributed by atoms with Crippen LogP contribution in [-0.4, -0.2) is 21.9 Å². The molecule has 160 valence electrons. The first-order chi connectivity index (χ1) is 15.2. The summed E-state index contributed by atoms with van der Waals surface area (Å²) in [7, 11) is 0. The predicted octanol–water partition coefficient (Wildman–Crippen LogP) is 4.13. The number of nitro benzene ring substituents is 1. The molecule has 4 rings (SSSR count). The SMILES string of the molecule is Cc1cc([N+](=O)[O-])ccc1-c1ccc(C=C2C(=O)NC(=S)N(c3cccc(F)c3)C2=O)o1. The Kier molecular flexibility index (Phi) is 5.37. The van der Waals surface area contributed by atoms with Crippen molar-refractivity contribution >= 4 is 46.6 Å². The zero-order valence-electron chi connectivity index (χ0n) is 16.5. The van der Waals surface area contributed by atoms with Crippen LogP contribution >= 0.6 is 12.2 Å². The predicted molar refractivity (Wildman–Crippen MR) is 118 cm³/mol. The first-order valence-corrected chi connectivity index (χ1v) is 9.67. The maximum Gasteiger partial charge on any atom is 0.270 e. The third kappa shape index (κ3) is 3.91. The first-order valence-electron chi connectivity index (χ1n) is 9.27. The summed E-state index contributed by atoms with van der Waals surface area (Å²) in [6.07, 6.45) is 1.26. The van der Waals surface area contributed by atoms with Gasteiger partial charge in [-0.3, -0.25) is 29.9 Å². The molecule has 2 amide bonds. The van der Waals surface area contributed by atoms with E-state index in [1.165, 1.54) is 36.4 Å². The Morgan fingerprint density at radius 2 is 1.94 bits per heavy atom. The number of hydrogen-bond donors (Lipinski definition) is 1. The Hall–Kier alpha value is -4.18. The minimum absolute atomic E-state index is 0.0435. The van der Waals surface area contributed by atoms with Gasteiger partial charge in [-0.25, -0.2) is 4.39 Å². The van der Waals surface area contributed by atoms with Crippen molar-refractivity contribution in [3.05, 3.63) is 87.4 Å². The van der Waals surface area contributed by atoms with Crippen LogP contribution in [0, 0.1) is 22.9 Å². The molecular weight excluding hydrogens is 437 g/mol. The fourth-order valence-corrected chi connectivity index (χ4v) is 3.54. The maximum absolute atomic E-state index is 13.6. The second kappa shape index (κ2) is 8.16. The fourth-order valence-electron chi connectivity index (χ4n) is 3.26. The first kappa shape index (κ1) is 21.1. The van der Waals surface area contributed by atoms with Gasteiger partial charge in [-0.1, -0.05) is 6.07 Å². The van der Waals surface area contributed by atoms with Crippen LogP contribution in [0.2, 0.25) is 0 Å². The molecule has 3 aromatic rings. The van der Waals surface area contributed by atoms with Gasteiger partial charge in [0.1, 0.15) is 22.9 Å². The smallest absolute Gasteiger partial charge is 0.270 e. The number of amides is 2. The molecule has 1 aromatic heterocycles. The number of hydrogen-bond acceptors (Lipinski definition) is 6. The number of carbonyl (C=O) groups excluding carboxylic acids is 2. The summed E-state index contributed by atoms with van der Waals surface area (Å²) >= 11 is 5.09. The number of thiocarbonyl (C=S) groups is 1. The highest BCUT2D eigenvalue weighted by Gasteiger charge is 2.35. The number of nitro groups is 1. The average molecular weight is 451 g/mol. The number of aryl methyl sites for hydroxylation is 1. The molecule has 1 aliphatic heterocycles. The summed E-state index contributed by atoms with van der Waals surface area (Å²) in [6, 6.07) is 12.8. The molecule has 2 heterocycles. The van der Waals surface area contributed by atoms with Crippen molar-refractivity contribution in [2.75, 3.05) is 4.90 Å². The molecule has 1 saturated heterocycles. The van der Waals surface area contributed by atoms with Crippen LogP contribution in [0.4, 0.5) is 15.8 Å². The molecule has 8 nitrogen and oxygen atoms in total. The third-order valence-corrected chi connectivity index (χ3v) is 5.05. The molecule has 0 spiro atoms. The molecule has 2 aromatic carbocycles. The van der Waals surface area contributed by atoms with Crippen LogP contribution in [0.15, 0.2) is 64.6 Å². The monoisotopic (exact) mass is 451 g/mol. The van der Waals surface area contributed by atoms with Gasteiger partial charge < -0.3 is 4.42 Å². The van der Waals surface area contributed by atoms with E-state index in [1.54, 1.807) is 25.1 Å². The van der Waals surface area contributed by atoms with Gasteiger partial charge in [-0.15, -0.1) is 0 Å². The van der Waals surface area contributed by atoms with Gasteiger partial charge >= 0.3 is 0 Å². The largest absolute Gasteiger partial charge is 0.457 e. The summed E-state index contributed by atoms with van der Waals surface area (Å²) in [5.41, 5.74) is 1.14. The second-order valence-corrected chi connectivity index (χ2v) is 7.28. The van der Waals surface area contributed by atoms with Gasteiger partial charge in [0.05, 0.1) is 10.6 Å². The summed E-state index contributed by atoms with van der Waals surface area (Å²) < 4.78 is 19.4. The summed E-state index contributed by atoms with van der Waals surface area (Å²) in [4.78, 5) is 36.8. The molecular formula is C22H14FN3O5S. The highest BCUT2D eigenvalue weighted by molar-refractivity contribution is 7.80. The van der Waals surface area contributed by atoms with Crippen molar-refractivity contribution in [3.63, 3.8) is 0 Å². The lowest BCUT2D eigenvalue weighted by molar-refractivity contribution is -0.384. The fraction of sp³-hybridized carbons (Fsp3) is 0.0455. The molecule has 0 atom stereocenters. The van der Waals surface area contributed by atoms with Gasteiger partial charge in [-0.2, -0.15) is 0 Å². The van der Waals surface area contributed by atoms with E-state index in [4.69, 9.17) is 16.6 Å². The van der Waals surface area contributed by atoms with Crippen LogP contribution in [-0.2, 0) is 9.59 Å². The Balaban J connectivity index is 1.67. The molecule has 10 heteroatoms. The number of halogens is 1. The number of non-ortho nitro benzene ring substituents is 1. The number of benzene rings is 2. The molecule has 0 saturated carbocycles. The zero-order valence-corrected chi connectivity index (χ0v) is 17.3. The topological polar surface area (TPSA) is 106 Å². The normalized spacial score (nSPS) is 15.2. The molecule has 1 aliphatic rings. The summed E-state index contributed by atoms with van der Waals surface area (Å²) in [5, 5.41) is 13.2. The lowest BCUT2D eigenvalue weighted by Gasteiger charge is -2.28. The van der Waals surface area contributed by atoms with Crippen molar-refractivity contribution in [3.8, 4) is 11.3 Å².